The summed E-state index contributed by atoms with van der Waals surface area (Å²) in [7, 11) is 0. The normalized spacial score (nSPS) is 12.2. The lowest BCUT2D eigenvalue weighted by molar-refractivity contribution is -0.147. The molecule has 6 nitrogen and oxygen atoms in total. The molecule has 250 valence electrons. The van der Waals surface area contributed by atoms with Gasteiger partial charge in [0.05, 0.1) is 0 Å². The molecule has 0 saturated carbocycles. The first-order valence-electron chi connectivity index (χ1n) is 18.0. The van der Waals surface area contributed by atoms with Gasteiger partial charge in [0.1, 0.15) is 12.6 Å². The quantitative estimate of drug-likeness (QED) is 0.0452. The summed E-state index contributed by atoms with van der Waals surface area (Å²) in [6.07, 6.45) is 37.3. The Morgan fingerprint density at radius 1 is 0.605 bits per heavy atom. The standard InChI is InChI=1S/C37H67NO5/c1-3-5-7-9-11-13-14-15-16-18-24-28-32-37(42)43-34(29-25-21-17-12-10-8-6-4-2)30-26-22-19-20-23-27-31-35(39)38-33-36(40)41/h11,13,25,29,34H,3-10,12,14-24,26-28,30-33H2,1-2H3,(H,38,39)(H,40,41)/b13-11-,29-25-. The number of carbonyl (C=O) groups excluding carboxylic acids is 2. The Bertz CT molecular complexity index is 718. The first-order chi connectivity index (χ1) is 21.0. The van der Waals surface area contributed by atoms with E-state index < -0.39 is 5.97 Å². The summed E-state index contributed by atoms with van der Waals surface area (Å²) in [5.74, 6) is -1.27. The Labute approximate surface area is 264 Å². The van der Waals surface area contributed by atoms with Crippen LogP contribution in [-0.2, 0) is 19.1 Å². The van der Waals surface area contributed by atoms with Gasteiger partial charge < -0.3 is 15.2 Å². The van der Waals surface area contributed by atoms with Gasteiger partial charge in [0.2, 0.25) is 5.91 Å². The molecule has 1 unspecified atom stereocenters. The van der Waals surface area contributed by atoms with Crippen LogP contribution in [0, 0.1) is 0 Å². The van der Waals surface area contributed by atoms with Gasteiger partial charge in [0.25, 0.3) is 0 Å². The van der Waals surface area contributed by atoms with E-state index in [-0.39, 0.29) is 24.5 Å². The van der Waals surface area contributed by atoms with Gasteiger partial charge in [0, 0.05) is 12.8 Å². The first-order valence-corrected chi connectivity index (χ1v) is 18.0. The van der Waals surface area contributed by atoms with Crippen molar-refractivity contribution >= 4 is 17.8 Å². The maximum absolute atomic E-state index is 12.6. The number of aliphatic carboxylic acids is 1. The third-order valence-corrected chi connectivity index (χ3v) is 7.83. The van der Waals surface area contributed by atoms with E-state index in [1.54, 1.807) is 0 Å². The number of unbranched alkanes of at least 4 members (excludes halogenated alkanes) is 19. The molecule has 1 amide bonds. The summed E-state index contributed by atoms with van der Waals surface area (Å²) in [5, 5.41) is 11.0. The Hall–Kier alpha value is -2.11. The van der Waals surface area contributed by atoms with Crippen molar-refractivity contribution in [2.45, 2.75) is 187 Å². The van der Waals surface area contributed by atoms with Crippen molar-refractivity contribution in [1.82, 2.24) is 5.32 Å². The smallest absolute Gasteiger partial charge is 0.322 e. The first kappa shape index (κ1) is 40.9. The van der Waals surface area contributed by atoms with Crippen molar-refractivity contribution in [1.29, 1.82) is 0 Å². The highest BCUT2D eigenvalue weighted by atomic mass is 16.5. The second-order valence-corrected chi connectivity index (χ2v) is 12.1. The molecule has 0 saturated heterocycles. The van der Waals surface area contributed by atoms with E-state index in [1.165, 1.54) is 89.9 Å². The lowest BCUT2D eigenvalue weighted by Gasteiger charge is -2.15. The Balaban J connectivity index is 4.19. The zero-order chi connectivity index (χ0) is 31.6. The molecule has 0 aliphatic carbocycles. The van der Waals surface area contributed by atoms with Crippen molar-refractivity contribution in [2.75, 3.05) is 6.54 Å². The highest BCUT2D eigenvalue weighted by Crippen LogP contribution is 2.15. The van der Waals surface area contributed by atoms with Gasteiger partial charge in [-0.3, -0.25) is 14.4 Å². The molecule has 0 radical (unpaired) electrons. The topological polar surface area (TPSA) is 92.7 Å². The third-order valence-electron chi connectivity index (χ3n) is 7.83. The Morgan fingerprint density at radius 2 is 1.07 bits per heavy atom. The molecule has 0 aromatic rings. The average molecular weight is 606 g/mol. The monoisotopic (exact) mass is 606 g/mol. The van der Waals surface area contributed by atoms with Crippen LogP contribution in [0.4, 0.5) is 0 Å². The van der Waals surface area contributed by atoms with Crippen LogP contribution in [0.3, 0.4) is 0 Å². The molecule has 0 aliphatic heterocycles. The second-order valence-electron chi connectivity index (χ2n) is 12.1. The Morgan fingerprint density at radius 3 is 1.67 bits per heavy atom. The predicted molar refractivity (Wildman–Crippen MR) is 180 cm³/mol. The maximum Gasteiger partial charge on any atom is 0.322 e. The van der Waals surface area contributed by atoms with Gasteiger partial charge in [-0.05, 0) is 70.3 Å². The van der Waals surface area contributed by atoms with Crippen molar-refractivity contribution < 1.29 is 24.2 Å². The molecule has 43 heavy (non-hydrogen) atoms. The van der Waals surface area contributed by atoms with Crippen LogP contribution in [0.25, 0.3) is 0 Å². The molecule has 0 heterocycles. The lowest BCUT2D eigenvalue weighted by Crippen LogP contribution is -2.28. The molecule has 1 atom stereocenters. The molecule has 0 aromatic heterocycles. The molecule has 2 N–H and O–H groups in total. The minimum absolute atomic E-state index is 0.0644. The van der Waals surface area contributed by atoms with Gasteiger partial charge in [-0.2, -0.15) is 0 Å². The molecule has 0 rings (SSSR count). The number of esters is 1. The van der Waals surface area contributed by atoms with Crippen LogP contribution in [0.1, 0.15) is 181 Å². The molecule has 0 bridgehead atoms. The summed E-state index contributed by atoms with van der Waals surface area (Å²) < 4.78 is 5.90. The fourth-order valence-corrected chi connectivity index (χ4v) is 5.12. The number of hydrogen-bond donors (Lipinski definition) is 2. The zero-order valence-electron chi connectivity index (χ0n) is 28.1. The van der Waals surface area contributed by atoms with E-state index in [4.69, 9.17) is 9.84 Å². The largest absolute Gasteiger partial charge is 0.480 e. The van der Waals surface area contributed by atoms with E-state index in [1.807, 2.05) is 0 Å². The third kappa shape index (κ3) is 32.6. The van der Waals surface area contributed by atoms with Crippen LogP contribution in [-0.4, -0.2) is 35.6 Å². The number of carbonyl (C=O) groups is 3. The molecule has 6 heteroatoms. The lowest BCUT2D eigenvalue weighted by atomic mass is 10.0. The van der Waals surface area contributed by atoms with Crippen molar-refractivity contribution in [3.05, 3.63) is 24.3 Å². The molecular formula is C37H67NO5. The van der Waals surface area contributed by atoms with E-state index in [9.17, 15) is 14.4 Å². The van der Waals surface area contributed by atoms with Gasteiger partial charge in [-0.15, -0.1) is 0 Å². The average Bonchev–Trinajstić information content (AvgIpc) is 2.99. The minimum Gasteiger partial charge on any atom is -0.480 e. The van der Waals surface area contributed by atoms with E-state index >= 15 is 0 Å². The fourth-order valence-electron chi connectivity index (χ4n) is 5.12. The number of carboxylic acid groups (broad SMARTS) is 1. The van der Waals surface area contributed by atoms with Crippen LogP contribution < -0.4 is 5.32 Å². The van der Waals surface area contributed by atoms with Crippen LogP contribution in [0.2, 0.25) is 0 Å². The van der Waals surface area contributed by atoms with Gasteiger partial charge in [-0.1, -0.05) is 122 Å². The summed E-state index contributed by atoms with van der Waals surface area (Å²) in [6.45, 7) is 4.18. The number of allylic oxidation sites excluding steroid dienone is 3. The molecular weight excluding hydrogens is 538 g/mol. The number of rotatable bonds is 32. The van der Waals surface area contributed by atoms with Crippen molar-refractivity contribution in [3.63, 3.8) is 0 Å². The molecule has 0 aliphatic rings. The van der Waals surface area contributed by atoms with E-state index in [0.717, 1.165) is 64.2 Å². The summed E-state index contributed by atoms with van der Waals surface area (Å²) in [4.78, 5) is 34.7. The molecule has 0 aromatic carbocycles. The minimum atomic E-state index is -1.02. The van der Waals surface area contributed by atoms with Crippen LogP contribution in [0.15, 0.2) is 24.3 Å². The zero-order valence-corrected chi connectivity index (χ0v) is 28.1. The van der Waals surface area contributed by atoms with Gasteiger partial charge in [-0.25, -0.2) is 0 Å². The van der Waals surface area contributed by atoms with Gasteiger partial charge in [0.15, 0.2) is 0 Å². The number of nitrogens with one attached hydrogen (secondary N) is 1. The summed E-state index contributed by atoms with van der Waals surface area (Å²) >= 11 is 0. The Kier molecular flexibility index (Phi) is 31.2. The number of carboxylic acids is 1. The summed E-state index contributed by atoms with van der Waals surface area (Å²) in [6, 6.07) is 0. The number of ether oxygens (including phenoxy) is 1. The van der Waals surface area contributed by atoms with Crippen LogP contribution in [0.5, 0.6) is 0 Å². The van der Waals surface area contributed by atoms with Crippen molar-refractivity contribution in [3.8, 4) is 0 Å². The van der Waals surface area contributed by atoms with E-state index in [0.29, 0.717) is 12.8 Å². The van der Waals surface area contributed by atoms with E-state index in [2.05, 4.69) is 43.5 Å². The fraction of sp³-hybridized carbons (Fsp3) is 0.811. The molecule has 0 fully saturated rings. The second kappa shape index (κ2) is 32.8. The summed E-state index contributed by atoms with van der Waals surface area (Å²) in [5.41, 5.74) is 0. The maximum atomic E-state index is 12.6. The highest BCUT2D eigenvalue weighted by molar-refractivity contribution is 5.80. The molecule has 0 spiro atoms. The van der Waals surface area contributed by atoms with Crippen molar-refractivity contribution in [2.24, 2.45) is 0 Å². The van der Waals surface area contributed by atoms with Crippen LogP contribution >= 0.6 is 0 Å². The number of amides is 1. The van der Waals surface area contributed by atoms with Gasteiger partial charge >= 0.3 is 11.9 Å². The SMILES string of the molecule is CCCCC/C=C\CCCCCCCC(=O)OC(/C=C\CCCCCCCC)CCCCCCCCC(=O)NCC(=O)O. The predicted octanol–water partition coefficient (Wildman–Crippen LogP) is 10.4. The number of hydrogen-bond acceptors (Lipinski definition) is 4. The highest BCUT2D eigenvalue weighted by Gasteiger charge is 2.11.